The van der Waals surface area contributed by atoms with Gasteiger partial charge in [0.05, 0.1) is 0 Å². The molecule has 0 aliphatic carbocycles. The van der Waals surface area contributed by atoms with Gasteiger partial charge in [0.1, 0.15) is 0 Å². The smallest absolute Gasteiger partial charge is 0.179 e. The maximum atomic E-state index is 2.30. The summed E-state index contributed by atoms with van der Waals surface area (Å²) in [5.74, 6) is 0. The number of aromatic nitrogens is 2. The van der Waals surface area contributed by atoms with Crippen LogP contribution in [0.15, 0.2) is 97.3 Å². The Labute approximate surface area is 200 Å². The third-order valence-electron chi connectivity index (χ3n) is 5.23. The third kappa shape index (κ3) is 5.87. The van der Waals surface area contributed by atoms with Crippen molar-refractivity contribution in [3.05, 3.63) is 120 Å². The van der Waals surface area contributed by atoms with Crippen LogP contribution in [0.5, 0.6) is 0 Å². The van der Waals surface area contributed by atoms with E-state index in [-0.39, 0.29) is 34.0 Å². The summed E-state index contributed by atoms with van der Waals surface area (Å²) < 4.78 is 4.59. The number of nitrogens with zero attached hydrogens (tertiary/aromatic N) is 2. The highest BCUT2D eigenvalue weighted by molar-refractivity contribution is 5.62. The van der Waals surface area contributed by atoms with Gasteiger partial charge in [0.2, 0.25) is 0 Å². The zero-order chi connectivity index (χ0) is 19.3. The van der Waals surface area contributed by atoms with E-state index in [9.17, 15) is 0 Å². The van der Waals surface area contributed by atoms with Gasteiger partial charge in [-0.15, -0.1) is 0 Å². The van der Waals surface area contributed by atoms with Crippen LogP contribution < -0.4 is 43.1 Å². The molecule has 0 spiro atoms. The standard InChI is InChI=1S/C26H26N2.2BrH/c1-21-17-25(13-15-27(21)19-23-9-5-3-6-10-23)26-14-16-28(22(2)18-26)20-24-11-7-4-8-12-24;;/h3-18H,19-20H2,1-2H3;2*1H/q+2;;/p-2. The van der Waals surface area contributed by atoms with E-state index in [0.29, 0.717) is 0 Å². The number of pyridine rings is 2. The Balaban J connectivity index is 0.00000160. The maximum absolute atomic E-state index is 2.30. The van der Waals surface area contributed by atoms with Crippen LogP contribution in [0.4, 0.5) is 0 Å². The second-order valence-corrected chi connectivity index (χ2v) is 7.34. The van der Waals surface area contributed by atoms with Crippen LogP contribution in [0.25, 0.3) is 11.1 Å². The van der Waals surface area contributed by atoms with Gasteiger partial charge in [0, 0.05) is 49.2 Å². The first kappa shape index (κ1) is 24.0. The Morgan fingerprint density at radius 1 is 0.533 bits per heavy atom. The van der Waals surface area contributed by atoms with Crippen molar-refractivity contribution in [2.45, 2.75) is 26.9 Å². The number of rotatable bonds is 5. The Bertz CT molecular complexity index is 992. The van der Waals surface area contributed by atoms with Gasteiger partial charge in [-0.3, -0.25) is 0 Å². The molecule has 0 radical (unpaired) electrons. The van der Waals surface area contributed by atoms with Crippen molar-refractivity contribution in [2.75, 3.05) is 0 Å². The molecule has 0 aliphatic rings. The fourth-order valence-corrected chi connectivity index (χ4v) is 3.56. The molecule has 30 heavy (non-hydrogen) atoms. The minimum atomic E-state index is 0. The molecule has 0 fully saturated rings. The molecule has 2 nitrogen and oxygen atoms in total. The summed E-state index contributed by atoms with van der Waals surface area (Å²) in [5.41, 5.74) is 7.69. The molecule has 0 unspecified atom stereocenters. The highest BCUT2D eigenvalue weighted by Gasteiger charge is 2.13. The Morgan fingerprint density at radius 2 is 0.900 bits per heavy atom. The lowest BCUT2D eigenvalue weighted by atomic mass is 10.1. The lowest BCUT2D eigenvalue weighted by Gasteiger charge is -2.06. The van der Waals surface area contributed by atoms with E-state index in [1.165, 1.54) is 33.6 Å². The highest BCUT2D eigenvalue weighted by Crippen LogP contribution is 2.19. The molecule has 0 N–H and O–H groups in total. The zero-order valence-electron chi connectivity index (χ0n) is 17.3. The molecule has 0 aliphatic heterocycles. The summed E-state index contributed by atoms with van der Waals surface area (Å²) in [6.07, 6.45) is 4.38. The molecule has 4 rings (SSSR count). The van der Waals surface area contributed by atoms with E-state index in [2.05, 4.69) is 120 Å². The fraction of sp³-hybridized carbons (Fsp3) is 0.154. The van der Waals surface area contributed by atoms with Crippen molar-refractivity contribution in [1.82, 2.24) is 0 Å². The Morgan fingerprint density at radius 3 is 1.23 bits per heavy atom. The van der Waals surface area contributed by atoms with Crippen molar-refractivity contribution in [3.8, 4) is 11.1 Å². The monoisotopic (exact) mass is 524 g/mol. The molecular formula is C26H26Br2N2. The Hall–Kier alpha value is -2.30. The molecule has 2 heterocycles. The van der Waals surface area contributed by atoms with Crippen LogP contribution in [0.2, 0.25) is 0 Å². The number of halogens is 2. The second kappa shape index (κ2) is 11.2. The molecule has 4 aromatic rings. The summed E-state index contributed by atoms with van der Waals surface area (Å²) in [5, 5.41) is 0. The first-order valence-electron chi connectivity index (χ1n) is 9.77. The molecule has 0 atom stereocenters. The molecule has 0 saturated carbocycles. The van der Waals surface area contributed by atoms with Crippen molar-refractivity contribution >= 4 is 0 Å². The van der Waals surface area contributed by atoms with Gasteiger partial charge in [-0.25, -0.2) is 0 Å². The molecule has 2 aromatic carbocycles. The molecule has 0 saturated heterocycles. The number of hydrogen-bond acceptors (Lipinski definition) is 0. The molecule has 2 aromatic heterocycles. The number of aryl methyl sites for hydroxylation is 2. The molecular weight excluding hydrogens is 500 g/mol. The van der Waals surface area contributed by atoms with E-state index >= 15 is 0 Å². The van der Waals surface area contributed by atoms with Crippen molar-refractivity contribution in [1.29, 1.82) is 0 Å². The van der Waals surface area contributed by atoms with Crippen molar-refractivity contribution in [3.63, 3.8) is 0 Å². The first-order chi connectivity index (χ1) is 13.7. The molecule has 4 heteroatoms. The van der Waals surface area contributed by atoms with Crippen LogP contribution in [0.1, 0.15) is 22.5 Å². The molecule has 154 valence electrons. The summed E-state index contributed by atoms with van der Waals surface area (Å²) in [4.78, 5) is 0. The van der Waals surface area contributed by atoms with Crippen LogP contribution in [-0.2, 0) is 13.1 Å². The highest BCUT2D eigenvalue weighted by atomic mass is 79.9. The SMILES string of the molecule is Cc1cc(-c2cc[n+](Cc3ccccc3)c(C)c2)cc[n+]1Cc1ccccc1.[Br-].[Br-]. The van der Waals surface area contributed by atoms with Gasteiger partial charge in [-0.1, -0.05) is 60.7 Å². The summed E-state index contributed by atoms with van der Waals surface area (Å²) in [7, 11) is 0. The second-order valence-electron chi connectivity index (χ2n) is 7.34. The van der Waals surface area contributed by atoms with E-state index in [0.717, 1.165) is 13.1 Å². The lowest BCUT2D eigenvalue weighted by molar-refractivity contribution is -0.694. The van der Waals surface area contributed by atoms with Gasteiger partial charge in [0.15, 0.2) is 36.9 Å². The number of hydrogen-bond donors (Lipinski definition) is 0. The van der Waals surface area contributed by atoms with Gasteiger partial charge >= 0.3 is 0 Å². The average molecular weight is 526 g/mol. The van der Waals surface area contributed by atoms with Crippen LogP contribution >= 0.6 is 0 Å². The third-order valence-corrected chi connectivity index (χ3v) is 5.23. The van der Waals surface area contributed by atoms with E-state index in [1.54, 1.807) is 0 Å². The van der Waals surface area contributed by atoms with E-state index in [1.807, 2.05) is 0 Å². The van der Waals surface area contributed by atoms with Crippen LogP contribution in [0.3, 0.4) is 0 Å². The first-order valence-corrected chi connectivity index (χ1v) is 9.77. The summed E-state index contributed by atoms with van der Waals surface area (Å²) >= 11 is 0. The largest absolute Gasteiger partial charge is 1.00 e. The average Bonchev–Trinajstić information content (AvgIpc) is 2.72. The van der Waals surface area contributed by atoms with Gasteiger partial charge in [-0.2, -0.15) is 9.13 Å². The van der Waals surface area contributed by atoms with Gasteiger partial charge in [-0.05, 0) is 11.1 Å². The number of benzene rings is 2. The quantitative estimate of drug-likeness (QED) is 0.285. The fourth-order valence-electron chi connectivity index (χ4n) is 3.56. The van der Waals surface area contributed by atoms with Crippen LogP contribution in [-0.4, -0.2) is 0 Å². The molecule has 0 bridgehead atoms. The summed E-state index contributed by atoms with van der Waals surface area (Å²) in [6.45, 7) is 6.16. The predicted octanol–water partition coefficient (Wildman–Crippen LogP) is -1.35. The normalized spacial score (nSPS) is 10.1. The minimum Gasteiger partial charge on any atom is -1.00 e. The molecule has 0 amide bonds. The van der Waals surface area contributed by atoms with E-state index in [4.69, 9.17) is 0 Å². The lowest BCUT2D eigenvalue weighted by Crippen LogP contribution is -3.00. The maximum Gasteiger partial charge on any atom is 0.179 e. The Kier molecular flexibility index (Phi) is 8.94. The zero-order valence-corrected chi connectivity index (χ0v) is 20.5. The van der Waals surface area contributed by atoms with E-state index < -0.39 is 0 Å². The van der Waals surface area contributed by atoms with Gasteiger partial charge in [0.25, 0.3) is 0 Å². The van der Waals surface area contributed by atoms with Crippen molar-refractivity contribution < 1.29 is 43.1 Å². The predicted molar refractivity (Wildman–Crippen MR) is 113 cm³/mol. The minimum absolute atomic E-state index is 0. The van der Waals surface area contributed by atoms with Gasteiger partial charge < -0.3 is 34.0 Å². The summed E-state index contributed by atoms with van der Waals surface area (Å²) in [6, 6.07) is 30.2. The van der Waals surface area contributed by atoms with Crippen LogP contribution in [0, 0.1) is 13.8 Å². The topological polar surface area (TPSA) is 7.76 Å². The van der Waals surface area contributed by atoms with Crippen molar-refractivity contribution in [2.24, 2.45) is 0 Å².